The van der Waals surface area contributed by atoms with Crippen molar-refractivity contribution in [2.24, 2.45) is 11.7 Å². The molecule has 0 saturated carbocycles. The van der Waals surface area contributed by atoms with E-state index in [1.807, 2.05) is 20.9 Å². The highest BCUT2D eigenvalue weighted by Gasteiger charge is 2.33. The van der Waals surface area contributed by atoms with Crippen molar-refractivity contribution in [3.63, 3.8) is 0 Å². The number of hydrogen-bond acceptors (Lipinski definition) is 7. The van der Waals surface area contributed by atoms with Crippen LogP contribution in [0.15, 0.2) is 12.3 Å². The number of likely N-dealkylation sites (N-methyl/N-ethyl adjacent to an activating group) is 1. The van der Waals surface area contributed by atoms with Crippen molar-refractivity contribution >= 4 is 0 Å². The van der Waals surface area contributed by atoms with E-state index in [2.05, 4.69) is 10.6 Å². The maximum Gasteiger partial charge on any atom is 0.173 e. The molecule has 1 aliphatic heterocycles. The summed E-state index contributed by atoms with van der Waals surface area (Å²) < 4.78 is 11.8. The smallest absolute Gasteiger partial charge is 0.173 e. The summed E-state index contributed by atoms with van der Waals surface area (Å²) in [5, 5.41) is 26.3. The van der Waals surface area contributed by atoms with E-state index in [1.54, 1.807) is 19.3 Å². The molecule has 1 aliphatic rings. The predicted octanol–water partition coefficient (Wildman–Crippen LogP) is -0.0756. The summed E-state index contributed by atoms with van der Waals surface area (Å²) in [4.78, 5) is 0. The molecule has 0 amide bonds. The van der Waals surface area contributed by atoms with Crippen LogP contribution in [-0.2, 0) is 9.47 Å². The molecule has 1 heterocycles. The number of aliphatic hydroxyl groups is 2. The van der Waals surface area contributed by atoms with Gasteiger partial charge in [0.2, 0.25) is 0 Å². The van der Waals surface area contributed by atoms with Crippen LogP contribution < -0.4 is 16.4 Å². The van der Waals surface area contributed by atoms with Crippen LogP contribution in [0.3, 0.4) is 0 Å². The maximum atomic E-state index is 10.5. The number of hydrogen-bond donors (Lipinski definition) is 5. The van der Waals surface area contributed by atoms with E-state index in [9.17, 15) is 10.2 Å². The molecule has 1 rings (SSSR count). The number of nitrogens with one attached hydrogen (secondary N) is 2. The third kappa shape index (κ3) is 7.04. The Kier molecular flexibility index (Phi) is 9.80. The summed E-state index contributed by atoms with van der Waals surface area (Å²) >= 11 is 0. The minimum atomic E-state index is -0.705. The second-order valence-corrected chi connectivity index (χ2v) is 6.69. The van der Waals surface area contributed by atoms with Crippen molar-refractivity contribution in [1.82, 2.24) is 10.6 Å². The molecule has 1 saturated heterocycles. The van der Waals surface area contributed by atoms with Gasteiger partial charge in [-0.05, 0) is 51.4 Å². The first-order valence-electron chi connectivity index (χ1n) is 8.80. The highest BCUT2D eigenvalue weighted by Crippen LogP contribution is 2.23. The van der Waals surface area contributed by atoms with Gasteiger partial charge in [-0.15, -0.1) is 0 Å². The number of aliphatic hydroxyl groups excluding tert-OH is 2. The lowest BCUT2D eigenvalue weighted by Gasteiger charge is -2.37. The Balaban J connectivity index is 2.49. The van der Waals surface area contributed by atoms with Gasteiger partial charge in [-0.3, -0.25) is 0 Å². The van der Waals surface area contributed by atoms with Gasteiger partial charge >= 0.3 is 0 Å². The summed E-state index contributed by atoms with van der Waals surface area (Å²) in [7, 11) is 3.65. The lowest BCUT2D eigenvalue weighted by atomic mass is 9.94. The molecular weight excluding hydrogens is 310 g/mol. The minimum Gasteiger partial charge on any atom is -0.394 e. The van der Waals surface area contributed by atoms with Gasteiger partial charge < -0.3 is 36.1 Å². The second-order valence-electron chi connectivity index (χ2n) is 6.69. The first kappa shape index (κ1) is 21.3. The standard InChI is InChI=1S/C17H35N3O4/c1-11(9-13(21)7-8-19-3)16(22)12(2)23-17-15(18)6-5-14(24-17)10-20-4/h7-8,11-17,19-22H,5-6,9-10,18H2,1-4H3/b8-7+. The van der Waals surface area contributed by atoms with Gasteiger partial charge in [-0.1, -0.05) is 6.92 Å². The van der Waals surface area contributed by atoms with Crippen LogP contribution in [-0.4, -0.2) is 67.6 Å². The van der Waals surface area contributed by atoms with Crippen LogP contribution in [0.1, 0.15) is 33.1 Å². The molecule has 142 valence electrons. The van der Waals surface area contributed by atoms with E-state index in [-0.39, 0.29) is 18.1 Å². The van der Waals surface area contributed by atoms with Crippen LogP contribution in [0.5, 0.6) is 0 Å². The van der Waals surface area contributed by atoms with Crippen molar-refractivity contribution in [2.75, 3.05) is 20.6 Å². The fourth-order valence-corrected chi connectivity index (χ4v) is 2.94. The third-order valence-electron chi connectivity index (χ3n) is 4.44. The number of rotatable bonds is 10. The van der Waals surface area contributed by atoms with Crippen molar-refractivity contribution in [2.45, 2.75) is 69.9 Å². The second kappa shape index (κ2) is 11.0. The lowest BCUT2D eigenvalue weighted by molar-refractivity contribution is -0.235. The largest absolute Gasteiger partial charge is 0.394 e. The van der Waals surface area contributed by atoms with E-state index < -0.39 is 24.6 Å². The van der Waals surface area contributed by atoms with Gasteiger partial charge in [-0.25, -0.2) is 0 Å². The summed E-state index contributed by atoms with van der Waals surface area (Å²) in [6, 6.07) is -0.188. The van der Waals surface area contributed by atoms with Gasteiger partial charge in [0.25, 0.3) is 0 Å². The zero-order chi connectivity index (χ0) is 18.1. The average Bonchev–Trinajstić information content (AvgIpc) is 2.55. The van der Waals surface area contributed by atoms with Crippen LogP contribution in [0.2, 0.25) is 0 Å². The Labute approximate surface area is 145 Å². The zero-order valence-corrected chi connectivity index (χ0v) is 15.3. The predicted molar refractivity (Wildman–Crippen MR) is 94.3 cm³/mol. The molecule has 7 nitrogen and oxygen atoms in total. The monoisotopic (exact) mass is 345 g/mol. The molecule has 0 aromatic carbocycles. The fraction of sp³-hybridized carbons (Fsp3) is 0.882. The van der Waals surface area contributed by atoms with E-state index >= 15 is 0 Å². The van der Waals surface area contributed by atoms with Gasteiger partial charge in [0.1, 0.15) is 0 Å². The Hall–Kier alpha value is -0.700. The molecule has 0 aromatic rings. The molecule has 1 fully saturated rings. The van der Waals surface area contributed by atoms with Gasteiger partial charge in [0.15, 0.2) is 6.29 Å². The van der Waals surface area contributed by atoms with E-state index in [0.717, 1.165) is 19.4 Å². The molecule has 6 N–H and O–H groups in total. The summed E-state index contributed by atoms with van der Waals surface area (Å²) in [5.74, 6) is -0.121. The van der Waals surface area contributed by atoms with E-state index in [1.165, 1.54) is 0 Å². The molecule has 7 heteroatoms. The Morgan fingerprint density at radius 3 is 2.62 bits per heavy atom. The van der Waals surface area contributed by atoms with E-state index in [0.29, 0.717) is 6.42 Å². The van der Waals surface area contributed by atoms with Gasteiger partial charge in [0.05, 0.1) is 30.5 Å². The minimum absolute atomic E-state index is 0.0788. The van der Waals surface area contributed by atoms with Crippen molar-refractivity contribution < 1.29 is 19.7 Å². The lowest BCUT2D eigenvalue weighted by Crippen LogP contribution is -2.50. The van der Waals surface area contributed by atoms with Crippen molar-refractivity contribution in [1.29, 1.82) is 0 Å². The molecule has 24 heavy (non-hydrogen) atoms. The fourth-order valence-electron chi connectivity index (χ4n) is 2.94. The molecule has 0 bridgehead atoms. The molecule has 7 unspecified atom stereocenters. The summed E-state index contributed by atoms with van der Waals surface area (Å²) in [6.07, 6.45) is 3.36. The number of ether oxygens (including phenoxy) is 2. The topological polar surface area (TPSA) is 109 Å². The molecular formula is C17H35N3O4. The summed E-state index contributed by atoms with van der Waals surface area (Å²) in [6.45, 7) is 4.46. The Bertz CT molecular complexity index is 370. The van der Waals surface area contributed by atoms with Crippen molar-refractivity contribution in [3.8, 4) is 0 Å². The third-order valence-corrected chi connectivity index (χ3v) is 4.44. The molecule has 0 radical (unpaired) electrons. The van der Waals surface area contributed by atoms with Crippen LogP contribution in [0, 0.1) is 5.92 Å². The highest BCUT2D eigenvalue weighted by atomic mass is 16.7. The zero-order valence-electron chi connectivity index (χ0n) is 15.3. The van der Waals surface area contributed by atoms with Crippen molar-refractivity contribution in [3.05, 3.63) is 12.3 Å². The van der Waals surface area contributed by atoms with Gasteiger partial charge in [-0.2, -0.15) is 0 Å². The maximum absolute atomic E-state index is 10.5. The van der Waals surface area contributed by atoms with Gasteiger partial charge in [0, 0.05) is 13.6 Å². The van der Waals surface area contributed by atoms with Crippen LogP contribution in [0.25, 0.3) is 0 Å². The Morgan fingerprint density at radius 1 is 1.29 bits per heavy atom. The molecule has 0 aliphatic carbocycles. The number of nitrogens with two attached hydrogens (primary N) is 1. The molecule has 0 spiro atoms. The molecule has 0 aromatic heterocycles. The summed E-state index contributed by atoms with van der Waals surface area (Å²) in [5.41, 5.74) is 6.09. The SMILES string of the molecule is CN/C=C/C(O)CC(C)C(O)C(C)OC1OC(CNC)CCC1N. The highest BCUT2D eigenvalue weighted by molar-refractivity contribution is 4.88. The first-order valence-corrected chi connectivity index (χ1v) is 8.80. The van der Waals surface area contributed by atoms with Crippen LogP contribution >= 0.6 is 0 Å². The van der Waals surface area contributed by atoms with Crippen LogP contribution in [0.4, 0.5) is 0 Å². The normalized spacial score (nSPS) is 30.0. The quantitative estimate of drug-likeness (QED) is 0.377. The Morgan fingerprint density at radius 2 is 2.00 bits per heavy atom. The first-order chi connectivity index (χ1) is 11.4. The average molecular weight is 345 g/mol. The molecule has 7 atom stereocenters. The van der Waals surface area contributed by atoms with E-state index in [4.69, 9.17) is 15.2 Å².